The number of rotatable bonds is 9. The Hall–Kier alpha value is -1.35. The van der Waals surface area contributed by atoms with Crippen LogP contribution in [-0.4, -0.2) is 12.5 Å². The third kappa shape index (κ3) is 6.20. The number of carbonyl (C=O) groups is 1. The molecule has 1 amide bonds. The van der Waals surface area contributed by atoms with Crippen molar-refractivity contribution in [1.82, 2.24) is 5.32 Å². The Morgan fingerprint density at radius 2 is 1.80 bits per heavy atom. The van der Waals surface area contributed by atoms with E-state index in [2.05, 4.69) is 43.5 Å². The summed E-state index contributed by atoms with van der Waals surface area (Å²) in [6.45, 7) is 7.38. The van der Waals surface area contributed by atoms with Crippen LogP contribution in [0.2, 0.25) is 0 Å². The van der Waals surface area contributed by atoms with E-state index in [1.807, 2.05) is 12.1 Å². The van der Waals surface area contributed by atoms with Gasteiger partial charge in [-0.05, 0) is 37.6 Å². The summed E-state index contributed by atoms with van der Waals surface area (Å²) in [5, 5.41) is 6.33. The van der Waals surface area contributed by atoms with Crippen LogP contribution in [0.5, 0.6) is 0 Å². The number of benzene rings is 1. The molecule has 0 saturated heterocycles. The number of hydrogen-bond acceptors (Lipinski definition) is 2. The minimum absolute atomic E-state index is 0.119. The first kappa shape index (κ1) is 16.7. The number of nitrogens with one attached hydrogen (secondary N) is 2. The number of carbonyl (C=O) groups excluding carboxylic acids is 1. The maximum absolute atomic E-state index is 11.8. The molecule has 20 heavy (non-hydrogen) atoms. The zero-order chi connectivity index (χ0) is 14.8. The van der Waals surface area contributed by atoms with Crippen LogP contribution in [0.25, 0.3) is 0 Å². The van der Waals surface area contributed by atoms with Gasteiger partial charge in [-0.3, -0.25) is 4.79 Å². The van der Waals surface area contributed by atoms with Crippen molar-refractivity contribution in [3.05, 3.63) is 29.8 Å². The van der Waals surface area contributed by atoms with Crippen molar-refractivity contribution in [2.24, 2.45) is 0 Å². The van der Waals surface area contributed by atoms with Gasteiger partial charge in [-0.2, -0.15) is 0 Å². The van der Waals surface area contributed by atoms with E-state index in [0.29, 0.717) is 12.5 Å². The monoisotopic (exact) mass is 276 g/mol. The van der Waals surface area contributed by atoms with Gasteiger partial charge in [0.05, 0.1) is 0 Å². The highest BCUT2D eigenvalue weighted by Crippen LogP contribution is 2.16. The molecule has 0 aliphatic carbocycles. The van der Waals surface area contributed by atoms with Crippen molar-refractivity contribution >= 4 is 11.6 Å². The van der Waals surface area contributed by atoms with Crippen molar-refractivity contribution in [1.29, 1.82) is 0 Å². The molecular weight excluding hydrogens is 248 g/mol. The standard InChI is InChI=1S/C17H28N2O/c1-4-6-7-8-9-17(20)19-16-12-10-15(11-13-16)14(3)18-5-2/h10-14,18H,4-9H2,1-3H3,(H,19,20). The largest absolute Gasteiger partial charge is 0.326 e. The first-order chi connectivity index (χ1) is 9.67. The SMILES string of the molecule is CCCCCCC(=O)Nc1ccc(C(C)NCC)cc1. The Labute approximate surface area is 123 Å². The molecule has 3 nitrogen and oxygen atoms in total. The van der Waals surface area contributed by atoms with Gasteiger partial charge in [0.15, 0.2) is 0 Å². The lowest BCUT2D eigenvalue weighted by molar-refractivity contribution is -0.116. The average molecular weight is 276 g/mol. The van der Waals surface area contributed by atoms with Crippen LogP contribution in [0.1, 0.15) is 64.5 Å². The Morgan fingerprint density at radius 3 is 2.40 bits per heavy atom. The fraction of sp³-hybridized carbons (Fsp3) is 0.588. The molecule has 0 saturated carbocycles. The van der Waals surface area contributed by atoms with Crippen LogP contribution in [0, 0.1) is 0 Å². The van der Waals surface area contributed by atoms with Crippen LogP contribution >= 0.6 is 0 Å². The number of unbranched alkanes of at least 4 members (excludes halogenated alkanes) is 3. The Kier molecular flexibility index (Phi) is 7.97. The predicted octanol–water partition coefficient (Wildman–Crippen LogP) is 4.27. The van der Waals surface area contributed by atoms with Gasteiger partial charge < -0.3 is 10.6 Å². The van der Waals surface area contributed by atoms with Crippen molar-refractivity contribution < 1.29 is 4.79 Å². The fourth-order valence-electron chi connectivity index (χ4n) is 2.21. The highest BCUT2D eigenvalue weighted by atomic mass is 16.1. The first-order valence-corrected chi connectivity index (χ1v) is 7.80. The molecule has 1 rings (SSSR count). The van der Waals surface area contributed by atoms with Crippen molar-refractivity contribution in [3.63, 3.8) is 0 Å². The topological polar surface area (TPSA) is 41.1 Å². The molecule has 1 unspecified atom stereocenters. The van der Waals surface area contributed by atoms with E-state index in [4.69, 9.17) is 0 Å². The highest BCUT2D eigenvalue weighted by molar-refractivity contribution is 5.90. The molecule has 0 bridgehead atoms. The Bertz CT molecular complexity index is 386. The van der Waals surface area contributed by atoms with E-state index in [-0.39, 0.29) is 5.91 Å². The summed E-state index contributed by atoms with van der Waals surface area (Å²) >= 11 is 0. The molecule has 0 fully saturated rings. The van der Waals surface area contributed by atoms with Crippen LogP contribution in [-0.2, 0) is 4.79 Å². The second-order valence-corrected chi connectivity index (χ2v) is 5.26. The zero-order valence-electron chi connectivity index (χ0n) is 13.0. The van der Waals surface area contributed by atoms with Gasteiger partial charge in [0.1, 0.15) is 0 Å². The lowest BCUT2D eigenvalue weighted by atomic mass is 10.1. The van der Waals surface area contributed by atoms with Gasteiger partial charge in [-0.15, -0.1) is 0 Å². The molecule has 1 aromatic carbocycles. The van der Waals surface area contributed by atoms with Crippen molar-refractivity contribution in [3.8, 4) is 0 Å². The van der Waals surface area contributed by atoms with Gasteiger partial charge in [0, 0.05) is 18.2 Å². The molecule has 0 spiro atoms. The minimum atomic E-state index is 0.119. The van der Waals surface area contributed by atoms with Crippen LogP contribution in [0.4, 0.5) is 5.69 Å². The van der Waals surface area contributed by atoms with E-state index in [9.17, 15) is 4.79 Å². The summed E-state index contributed by atoms with van der Waals surface area (Å²) in [5.41, 5.74) is 2.13. The fourth-order valence-corrected chi connectivity index (χ4v) is 2.21. The van der Waals surface area contributed by atoms with E-state index in [0.717, 1.165) is 25.1 Å². The molecule has 3 heteroatoms. The zero-order valence-corrected chi connectivity index (χ0v) is 13.0. The summed E-state index contributed by atoms with van der Waals surface area (Å²) in [6, 6.07) is 8.44. The third-order valence-electron chi connectivity index (χ3n) is 3.46. The maximum atomic E-state index is 11.8. The Balaban J connectivity index is 2.39. The summed E-state index contributed by atoms with van der Waals surface area (Å²) < 4.78 is 0. The van der Waals surface area contributed by atoms with E-state index >= 15 is 0 Å². The lowest BCUT2D eigenvalue weighted by Crippen LogP contribution is -2.17. The van der Waals surface area contributed by atoms with E-state index in [1.54, 1.807) is 0 Å². The molecule has 1 atom stereocenters. The molecule has 0 radical (unpaired) electrons. The molecule has 112 valence electrons. The molecule has 0 aliphatic rings. The second kappa shape index (κ2) is 9.54. The van der Waals surface area contributed by atoms with Gasteiger partial charge in [0.2, 0.25) is 5.91 Å². The summed E-state index contributed by atoms with van der Waals surface area (Å²) in [4.78, 5) is 11.8. The maximum Gasteiger partial charge on any atom is 0.224 e. The van der Waals surface area contributed by atoms with Crippen molar-refractivity contribution in [2.75, 3.05) is 11.9 Å². The number of hydrogen-bond donors (Lipinski definition) is 2. The molecule has 2 N–H and O–H groups in total. The number of anilines is 1. The molecule has 0 heterocycles. The highest BCUT2D eigenvalue weighted by Gasteiger charge is 2.05. The summed E-state index contributed by atoms with van der Waals surface area (Å²) in [5.74, 6) is 0.119. The van der Waals surface area contributed by atoms with Crippen molar-refractivity contribution in [2.45, 2.75) is 58.9 Å². The lowest BCUT2D eigenvalue weighted by Gasteiger charge is -2.13. The van der Waals surface area contributed by atoms with E-state index in [1.165, 1.54) is 18.4 Å². The third-order valence-corrected chi connectivity index (χ3v) is 3.46. The van der Waals surface area contributed by atoms with Gasteiger partial charge in [0.25, 0.3) is 0 Å². The van der Waals surface area contributed by atoms with Gasteiger partial charge in [-0.1, -0.05) is 45.2 Å². The van der Waals surface area contributed by atoms with Gasteiger partial charge >= 0.3 is 0 Å². The molecule has 1 aromatic rings. The van der Waals surface area contributed by atoms with Crippen LogP contribution < -0.4 is 10.6 Å². The predicted molar refractivity (Wildman–Crippen MR) is 85.9 cm³/mol. The van der Waals surface area contributed by atoms with Crippen LogP contribution in [0.3, 0.4) is 0 Å². The smallest absolute Gasteiger partial charge is 0.224 e. The second-order valence-electron chi connectivity index (χ2n) is 5.26. The molecule has 0 aromatic heterocycles. The van der Waals surface area contributed by atoms with Gasteiger partial charge in [-0.25, -0.2) is 0 Å². The summed E-state index contributed by atoms with van der Waals surface area (Å²) in [6.07, 6.45) is 5.16. The Morgan fingerprint density at radius 1 is 1.10 bits per heavy atom. The number of amides is 1. The normalized spacial score (nSPS) is 12.2. The average Bonchev–Trinajstić information content (AvgIpc) is 2.45. The quantitative estimate of drug-likeness (QED) is 0.661. The molecular formula is C17H28N2O. The van der Waals surface area contributed by atoms with E-state index < -0.39 is 0 Å². The summed E-state index contributed by atoms with van der Waals surface area (Å²) in [7, 11) is 0. The first-order valence-electron chi connectivity index (χ1n) is 7.80. The molecule has 0 aliphatic heterocycles. The minimum Gasteiger partial charge on any atom is -0.326 e. The van der Waals surface area contributed by atoms with Crippen LogP contribution in [0.15, 0.2) is 24.3 Å².